The first-order valence-electron chi connectivity index (χ1n) is 7.05. The van der Waals surface area contributed by atoms with Gasteiger partial charge in [-0.3, -0.25) is 0 Å². The van der Waals surface area contributed by atoms with Crippen LogP contribution in [0.15, 0.2) is 46.4 Å². The highest BCUT2D eigenvalue weighted by atomic mass is 16.5. The van der Waals surface area contributed by atoms with E-state index < -0.39 is 5.97 Å². The molecule has 0 atom stereocenters. The molecule has 0 N–H and O–H groups in total. The Labute approximate surface area is 133 Å². The first-order valence-corrected chi connectivity index (χ1v) is 7.05. The van der Waals surface area contributed by atoms with E-state index in [-0.39, 0.29) is 0 Å². The van der Waals surface area contributed by atoms with Crippen LogP contribution in [0.3, 0.4) is 0 Å². The smallest absolute Gasteiger partial charge is 0.343 e. The minimum absolute atomic E-state index is 0.413. The van der Waals surface area contributed by atoms with Crippen molar-refractivity contribution in [2.24, 2.45) is 0 Å². The van der Waals surface area contributed by atoms with Crippen molar-refractivity contribution in [2.45, 2.75) is 6.92 Å². The normalized spacial score (nSPS) is 15.5. The van der Waals surface area contributed by atoms with Gasteiger partial charge < -0.3 is 18.6 Å². The van der Waals surface area contributed by atoms with Crippen molar-refractivity contribution >= 4 is 17.8 Å². The minimum Gasteiger partial charge on any atom is -0.493 e. The highest BCUT2D eigenvalue weighted by Gasteiger charge is 2.23. The molecule has 2 heterocycles. The molecule has 0 unspecified atom stereocenters. The van der Waals surface area contributed by atoms with Crippen LogP contribution < -0.4 is 9.47 Å². The molecule has 0 aliphatic carbocycles. The third kappa shape index (κ3) is 2.99. The van der Waals surface area contributed by atoms with Crippen molar-refractivity contribution in [2.75, 3.05) is 14.2 Å². The lowest BCUT2D eigenvalue weighted by molar-refractivity contribution is -0.130. The van der Waals surface area contributed by atoms with Gasteiger partial charge in [0.2, 0.25) is 0 Å². The number of esters is 1. The summed E-state index contributed by atoms with van der Waals surface area (Å²) in [6, 6.07) is 8.97. The number of rotatable bonds is 4. The van der Waals surface area contributed by atoms with E-state index in [9.17, 15) is 4.79 Å². The summed E-state index contributed by atoms with van der Waals surface area (Å²) in [5.74, 6) is 2.63. The molecule has 2 aromatic rings. The zero-order valence-electron chi connectivity index (χ0n) is 13.1. The summed E-state index contributed by atoms with van der Waals surface area (Å²) in [7, 11) is 3.12. The number of ether oxygens (including phenoxy) is 3. The second-order valence-electron chi connectivity index (χ2n) is 5.02. The van der Waals surface area contributed by atoms with Gasteiger partial charge in [-0.1, -0.05) is 0 Å². The number of benzene rings is 1. The van der Waals surface area contributed by atoms with E-state index in [2.05, 4.69) is 0 Å². The van der Waals surface area contributed by atoms with E-state index in [1.807, 2.05) is 13.0 Å². The molecule has 5 nitrogen and oxygen atoms in total. The molecule has 3 rings (SSSR count). The topological polar surface area (TPSA) is 57.9 Å². The monoisotopic (exact) mass is 312 g/mol. The Balaban J connectivity index is 1.93. The molecule has 0 amide bonds. The molecular weight excluding hydrogens is 296 g/mol. The van der Waals surface area contributed by atoms with Crippen LogP contribution in [0.4, 0.5) is 0 Å². The van der Waals surface area contributed by atoms with E-state index in [4.69, 9.17) is 18.6 Å². The van der Waals surface area contributed by atoms with Crippen LogP contribution in [-0.4, -0.2) is 20.2 Å². The molecule has 0 bridgehead atoms. The summed E-state index contributed by atoms with van der Waals surface area (Å²) in [5.41, 5.74) is 1.17. The van der Waals surface area contributed by atoms with Crippen molar-refractivity contribution in [3.8, 4) is 11.5 Å². The number of hydrogen-bond acceptors (Lipinski definition) is 5. The number of carbonyl (C=O) groups excluding carboxylic acids is 1. The van der Waals surface area contributed by atoms with Crippen molar-refractivity contribution < 1.29 is 23.4 Å². The number of carbonyl (C=O) groups is 1. The molecule has 1 aromatic heterocycles. The molecule has 0 spiro atoms. The maximum absolute atomic E-state index is 12.0. The standard InChI is InChI=1S/C18H16O5/c1-11-4-6-14(22-11)8-13-10-16(23-18(13)19)12-5-7-15(20-2)17(9-12)21-3/h4-10H,1-3H3/b13-8-. The van der Waals surface area contributed by atoms with Crippen LogP contribution in [0.2, 0.25) is 0 Å². The quantitative estimate of drug-likeness (QED) is 0.638. The fourth-order valence-corrected chi connectivity index (χ4v) is 2.31. The molecule has 1 aromatic carbocycles. The maximum atomic E-state index is 12.0. The zero-order chi connectivity index (χ0) is 16.4. The first kappa shape index (κ1) is 15.0. The molecule has 1 aliphatic rings. The number of cyclic esters (lactones) is 1. The lowest BCUT2D eigenvalue weighted by atomic mass is 10.1. The molecule has 1 aliphatic heterocycles. The highest BCUT2D eigenvalue weighted by molar-refractivity contribution is 6.04. The second kappa shape index (κ2) is 6.04. The van der Waals surface area contributed by atoms with Gasteiger partial charge in [-0.2, -0.15) is 0 Å². The van der Waals surface area contributed by atoms with Crippen LogP contribution in [0.5, 0.6) is 11.5 Å². The summed E-state index contributed by atoms with van der Waals surface area (Å²) in [4.78, 5) is 12.0. The number of aryl methyl sites for hydroxylation is 1. The van der Waals surface area contributed by atoms with Gasteiger partial charge in [0, 0.05) is 5.56 Å². The maximum Gasteiger partial charge on any atom is 0.343 e. The fourth-order valence-electron chi connectivity index (χ4n) is 2.31. The fraction of sp³-hybridized carbons (Fsp3) is 0.167. The SMILES string of the molecule is COc1ccc(C2=C/C(=C/c3ccc(C)o3)C(=O)O2)cc1OC. The van der Waals surface area contributed by atoms with Gasteiger partial charge in [0.15, 0.2) is 11.5 Å². The van der Waals surface area contributed by atoms with Crippen LogP contribution in [0, 0.1) is 6.92 Å². The van der Waals surface area contributed by atoms with Gasteiger partial charge in [-0.15, -0.1) is 0 Å². The van der Waals surface area contributed by atoms with Crippen LogP contribution in [0.1, 0.15) is 17.1 Å². The number of hydrogen-bond donors (Lipinski definition) is 0. The van der Waals surface area contributed by atoms with E-state index in [0.29, 0.717) is 28.6 Å². The van der Waals surface area contributed by atoms with Crippen molar-refractivity contribution in [1.29, 1.82) is 0 Å². The van der Waals surface area contributed by atoms with Crippen LogP contribution in [0.25, 0.3) is 11.8 Å². The molecule has 118 valence electrons. The molecular formula is C18H16O5. The predicted octanol–water partition coefficient (Wildman–Crippen LogP) is 3.59. The molecule has 0 fully saturated rings. The Morgan fingerprint density at radius 3 is 2.48 bits per heavy atom. The van der Waals surface area contributed by atoms with Crippen molar-refractivity contribution in [1.82, 2.24) is 0 Å². The van der Waals surface area contributed by atoms with E-state index >= 15 is 0 Å². The van der Waals surface area contributed by atoms with Gasteiger partial charge in [0.05, 0.1) is 19.8 Å². The summed E-state index contributed by atoms with van der Waals surface area (Å²) in [5, 5.41) is 0. The summed E-state index contributed by atoms with van der Waals surface area (Å²) in [6.45, 7) is 1.85. The molecule has 23 heavy (non-hydrogen) atoms. The zero-order valence-corrected chi connectivity index (χ0v) is 13.1. The number of furan rings is 1. The summed E-state index contributed by atoms with van der Waals surface area (Å²) in [6.07, 6.45) is 3.34. The summed E-state index contributed by atoms with van der Waals surface area (Å²) < 4.78 is 21.2. The molecule has 0 saturated carbocycles. The lowest BCUT2D eigenvalue weighted by Gasteiger charge is -2.09. The second-order valence-corrected chi connectivity index (χ2v) is 5.02. The molecule has 0 saturated heterocycles. The lowest BCUT2D eigenvalue weighted by Crippen LogP contribution is -1.97. The van der Waals surface area contributed by atoms with E-state index in [1.165, 1.54) is 0 Å². The minimum atomic E-state index is -0.413. The third-order valence-electron chi connectivity index (χ3n) is 3.45. The van der Waals surface area contributed by atoms with Gasteiger partial charge in [-0.25, -0.2) is 4.79 Å². The summed E-state index contributed by atoms with van der Waals surface area (Å²) >= 11 is 0. The molecule has 5 heteroatoms. The Kier molecular flexibility index (Phi) is 3.93. The third-order valence-corrected chi connectivity index (χ3v) is 3.45. The Morgan fingerprint density at radius 2 is 1.83 bits per heavy atom. The Bertz CT molecular complexity index is 811. The van der Waals surface area contributed by atoms with Gasteiger partial charge in [-0.05, 0) is 49.4 Å². The number of methoxy groups -OCH3 is 2. The Morgan fingerprint density at radius 1 is 1.04 bits per heavy atom. The van der Waals surface area contributed by atoms with E-state index in [1.54, 1.807) is 50.6 Å². The van der Waals surface area contributed by atoms with Crippen LogP contribution in [-0.2, 0) is 9.53 Å². The van der Waals surface area contributed by atoms with E-state index in [0.717, 1.165) is 11.3 Å². The van der Waals surface area contributed by atoms with Crippen LogP contribution >= 0.6 is 0 Å². The highest BCUT2D eigenvalue weighted by Crippen LogP contribution is 2.34. The average Bonchev–Trinajstić information content (AvgIpc) is 3.13. The average molecular weight is 312 g/mol. The van der Waals surface area contributed by atoms with Gasteiger partial charge in [0.25, 0.3) is 0 Å². The predicted molar refractivity (Wildman–Crippen MR) is 85.0 cm³/mol. The van der Waals surface area contributed by atoms with Crippen molar-refractivity contribution in [3.05, 3.63) is 59.1 Å². The first-order chi connectivity index (χ1) is 11.1. The largest absolute Gasteiger partial charge is 0.493 e. The van der Waals surface area contributed by atoms with Crippen molar-refractivity contribution in [3.63, 3.8) is 0 Å². The van der Waals surface area contributed by atoms with Gasteiger partial charge >= 0.3 is 5.97 Å². The molecule has 0 radical (unpaired) electrons. The van der Waals surface area contributed by atoms with Gasteiger partial charge in [0.1, 0.15) is 17.3 Å². The Hall–Kier alpha value is -2.95.